The third-order valence-corrected chi connectivity index (χ3v) is 4.08. The lowest BCUT2D eigenvalue weighted by atomic mass is 10.1. The van der Waals surface area contributed by atoms with Crippen molar-refractivity contribution < 1.29 is 4.74 Å². The summed E-state index contributed by atoms with van der Waals surface area (Å²) in [5.41, 5.74) is 11.3. The summed E-state index contributed by atoms with van der Waals surface area (Å²) in [6, 6.07) is 3.92. The number of nitrogens with one attached hydrogen (secondary N) is 2. The van der Waals surface area contributed by atoms with Crippen LogP contribution in [0.5, 0.6) is 5.75 Å². The Hall–Kier alpha value is -2.27. The van der Waals surface area contributed by atoms with Crippen LogP contribution in [0.3, 0.4) is 0 Å². The monoisotopic (exact) mass is 268 g/mol. The fourth-order valence-corrected chi connectivity index (χ4v) is 3.04. The Labute approximate surface area is 116 Å². The number of anilines is 1. The van der Waals surface area contributed by atoms with E-state index in [9.17, 15) is 0 Å². The highest BCUT2D eigenvalue weighted by atomic mass is 16.5. The topological polar surface area (TPSA) is 76.0 Å². The van der Waals surface area contributed by atoms with E-state index in [0.717, 1.165) is 35.9 Å². The molecule has 5 nitrogen and oxygen atoms in total. The van der Waals surface area contributed by atoms with Crippen molar-refractivity contribution in [3.05, 3.63) is 29.6 Å². The molecule has 3 aromatic rings. The molecule has 0 aliphatic carbocycles. The number of nitrogens with zero attached hydrogens (tertiary/aromatic N) is 1. The molecule has 0 spiro atoms. The van der Waals surface area contributed by atoms with Gasteiger partial charge in [-0.05, 0) is 17.7 Å². The number of methoxy groups -OCH3 is 1. The van der Waals surface area contributed by atoms with E-state index in [1.807, 2.05) is 18.3 Å². The largest absolute Gasteiger partial charge is 0.495 e. The number of aromatic nitrogens is 2. The Morgan fingerprint density at radius 2 is 2.20 bits per heavy atom. The van der Waals surface area contributed by atoms with E-state index in [2.05, 4.69) is 15.3 Å². The minimum absolute atomic E-state index is 0.595. The molecule has 0 bridgehead atoms. The molecule has 0 amide bonds. The maximum atomic E-state index is 6.13. The van der Waals surface area contributed by atoms with Crippen LogP contribution < -0.4 is 15.8 Å². The van der Waals surface area contributed by atoms with Gasteiger partial charge in [-0.2, -0.15) is 0 Å². The van der Waals surface area contributed by atoms with Crippen molar-refractivity contribution in [1.29, 1.82) is 0 Å². The van der Waals surface area contributed by atoms with Crippen molar-refractivity contribution in [2.45, 2.75) is 13.0 Å². The number of H-pyrrole nitrogens is 1. The number of hydrogen-bond acceptors (Lipinski definition) is 4. The van der Waals surface area contributed by atoms with Crippen LogP contribution in [-0.2, 0) is 13.0 Å². The molecule has 0 radical (unpaired) electrons. The van der Waals surface area contributed by atoms with Crippen LogP contribution in [-0.4, -0.2) is 23.6 Å². The average molecular weight is 268 g/mol. The summed E-state index contributed by atoms with van der Waals surface area (Å²) in [6.07, 6.45) is 2.94. The Balaban J connectivity index is 2.09. The molecule has 20 heavy (non-hydrogen) atoms. The van der Waals surface area contributed by atoms with Crippen LogP contribution >= 0.6 is 0 Å². The minimum atomic E-state index is 0.595. The van der Waals surface area contributed by atoms with Crippen molar-refractivity contribution in [1.82, 2.24) is 15.3 Å². The normalized spacial score (nSPS) is 14.7. The average Bonchev–Trinajstić information content (AvgIpc) is 2.86. The number of pyridine rings is 1. The first-order valence-electron chi connectivity index (χ1n) is 6.75. The number of fused-ring (bicyclic) bond motifs is 5. The first-order chi connectivity index (χ1) is 9.79. The molecular weight excluding hydrogens is 252 g/mol. The molecule has 0 fully saturated rings. The summed E-state index contributed by atoms with van der Waals surface area (Å²) in [7, 11) is 1.62. The summed E-state index contributed by atoms with van der Waals surface area (Å²) < 4.78 is 5.26. The summed E-state index contributed by atoms with van der Waals surface area (Å²) in [5, 5.41) is 5.64. The number of hydrogen-bond donors (Lipinski definition) is 3. The van der Waals surface area contributed by atoms with Gasteiger partial charge >= 0.3 is 0 Å². The number of benzene rings is 1. The zero-order valence-corrected chi connectivity index (χ0v) is 11.3. The number of rotatable bonds is 1. The molecule has 2 aromatic heterocycles. The van der Waals surface area contributed by atoms with Gasteiger partial charge in [-0.3, -0.25) is 4.98 Å². The van der Waals surface area contributed by atoms with Crippen LogP contribution in [0.15, 0.2) is 18.3 Å². The third kappa shape index (κ3) is 1.44. The Bertz CT molecular complexity index is 822. The van der Waals surface area contributed by atoms with Gasteiger partial charge in [0.15, 0.2) is 0 Å². The molecular formula is C15H16N4O. The molecule has 1 aliphatic rings. The van der Waals surface area contributed by atoms with E-state index in [-0.39, 0.29) is 0 Å². The van der Waals surface area contributed by atoms with Crippen molar-refractivity contribution in [3.63, 3.8) is 0 Å². The maximum absolute atomic E-state index is 6.13. The highest BCUT2D eigenvalue weighted by Crippen LogP contribution is 2.35. The molecule has 4 rings (SSSR count). The molecule has 102 valence electrons. The first-order valence-corrected chi connectivity index (χ1v) is 6.75. The van der Waals surface area contributed by atoms with Gasteiger partial charge in [0.2, 0.25) is 0 Å². The van der Waals surface area contributed by atoms with Crippen molar-refractivity contribution in [2.75, 3.05) is 19.4 Å². The lowest BCUT2D eigenvalue weighted by Gasteiger charge is -2.12. The van der Waals surface area contributed by atoms with Crippen LogP contribution in [0, 0.1) is 0 Å². The second-order valence-corrected chi connectivity index (χ2v) is 5.13. The molecule has 0 unspecified atom stereocenters. The smallest absolute Gasteiger partial charge is 0.144 e. The predicted molar refractivity (Wildman–Crippen MR) is 80.0 cm³/mol. The van der Waals surface area contributed by atoms with E-state index in [0.29, 0.717) is 11.4 Å². The Kier molecular flexibility index (Phi) is 2.37. The standard InChI is InChI=1S/C15H16N4O/c1-20-12-3-2-8-14-10(7-18-15(8)13(12)16)9-6-17-5-4-11(9)19-14/h2-3,7,17,19H,4-6,16H2,1H3. The van der Waals surface area contributed by atoms with E-state index < -0.39 is 0 Å². The number of aromatic amines is 1. The lowest BCUT2D eigenvalue weighted by molar-refractivity contribution is 0.417. The Morgan fingerprint density at radius 1 is 1.30 bits per heavy atom. The number of ether oxygens (including phenoxy) is 1. The summed E-state index contributed by atoms with van der Waals surface area (Å²) >= 11 is 0. The molecule has 0 atom stereocenters. The highest BCUT2D eigenvalue weighted by molar-refractivity contribution is 6.09. The molecule has 1 aromatic carbocycles. The SMILES string of the molecule is COc1ccc2c(ncc3c4c([nH]c32)CCNC4)c1N. The zero-order valence-electron chi connectivity index (χ0n) is 11.3. The van der Waals surface area contributed by atoms with Gasteiger partial charge in [0.25, 0.3) is 0 Å². The van der Waals surface area contributed by atoms with Gasteiger partial charge in [-0.25, -0.2) is 0 Å². The van der Waals surface area contributed by atoms with E-state index >= 15 is 0 Å². The zero-order chi connectivity index (χ0) is 13.7. The van der Waals surface area contributed by atoms with Crippen LogP contribution in [0.2, 0.25) is 0 Å². The molecule has 5 heteroatoms. The minimum Gasteiger partial charge on any atom is -0.495 e. The second kappa shape index (κ2) is 4.11. The van der Waals surface area contributed by atoms with Crippen LogP contribution in [0.25, 0.3) is 21.8 Å². The fourth-order valence-electron chi connectivity index (χ4n) is 3.04. The van der Waals surface area contributed by atoms with Gasteiger partial charge in [-0.15, -0.1) is 0 Å². The lowest BCUT2D eigenvalue weighted by Crippen LogP contribution is -2.22. The third-order valence-electron chi connectivity index (χ3n) is 4.08. The van der Waals surface area contributed by atoms with Crippen molar-refractivity contribution >= 4 is 27.5 Å². The van der Waals surface area contributed by atoms with Gasteiger partial charge in [0.1, 0.15) is 11.4 Å². The van der Waals surface area contributed by atoms with Crippen LogP contribution in [0.4, 0.5) is 5.69 Å². The molecule has 3 heterocycles. The quantitative estimate of drug-likeness (QED) is 0.590. The van der Waals surface area contributed by atoms with Gasteiger partial charge in [-0.1, -0.05) is 0 Å². The maximum Gasteiger partial charge on any atom is 0.144 e. The summed E-state index contributed by atoms with van der Waals surface area (Å²) in [5.74, 6) is 0.669. The van der Waals surface area contributed by atoms with E-state index in [1.54, 1.807) is 7.11 Å². The number of nitrogens with two attached hydrogens (primary N) is 1. The van der Waals surface area contributed by atoms with Crippen molar-refractivity contribution in [2.24, 2.45) is 0 Å². The van der Waals surface area contributed by atoms with E-state index in [1.165, 1.54) is 16.6 Å². The van der Waals surface area contributed by atoms with Gasteiger partial charge in [0, 0.05) is 42.2 Å². The first kappa shape index (κ1) is 11.5. The predicted octanol–water partition coefficient (Wildman–Crippen LogP) is 1.95. The molecule has 1 aliphatic heterocycles. The fraction of sp³-hybridized carbons (Fsp3) is 0.267. The van der Waals surface area contributed by atoms with Crippen LogP contribution in [0.1, 0.15) is 11.3 Å². The molecule has 4 N–H and O–H groups in total. The van der Waals surface area contributed by atoms with Crippen molar-refractivity contribution in [3.8, 4) is 5.75 Å². The second-order valence-electron chi connectivity index (χ2n) is 5.13. The Morgan fingerprint density at radius 3 is 3.05 bits per heavy atom. The summed E-state index contributed by atoms with van der Waals surface area (Å²) in [6.45, 7) is 1.91. The van der Waals surface area contributed by atoms with Gasteiger partial charge < -0.3 is 20.8 Å². The summed E-state index contributed by atoms with van der Waals surface area (Å²) in [4.78, 5) is 8.09. The number of nitrogen functional groups attached to an aromatic ring is 1. The highest BCUT2D eigenvalue weighted by Gasteiger charge is 2.18. The van der Waals surface area contributed by atoms with E-state index in [4.69, 9.17) is 10.5 Å². The van der Waals surface area contributed by atoms with Gasteiger partial charge in [0.05, 0.1) is 18.1 Å². The molecule has 0 saturated carbocycles. The molecule has 0 saturated heterocycles.